The lowest BCUT2D eigenvalue weighted by molar-refractivity contribution is -0.181. The first-order valence-corrected chi connectivity index (χ1v) is 8.23. The molecule has 1 fully saturated rings. The van der Waals surface area contributed by atoms with Crippen molar-refractivity contribution in [1.82, 2.24) is 15.1 Å². The lowest BCUT2D eigenvalue weighted by Gasteiger charge is -2.39. The normalized spacial score (nSPS) is 18.4. The van der Waals surface area contributed by atoms with E-state index in [9.17, 15) is 17.6 Å². The van der Waals surface area contributed by atoms with E-state index >= 15 is 0 Å². The van der Waals surface area contributed by atoms with Gasteiger partial charge in [-0.25, -0.2) is 4.39 Å². The second kappa shape index (κ2) is 8.03. The number of nitrogens with zero attached hydrogens (tertiary/aromatic N) is 3. The van der Waals surface area contributed by atoms with Gasteiger partial charge in [0.05, 0.1) is 0 Å². The summed E-state index contributed by atoms with van der Waals surface area (Å²) in [5, 5.41) is 3.19. The van der Waals surface area contributed by atoms with Crippen molar-refractivity contribution in [2.24, 2.45) is 4.99 Å². The van der Waals surface area contributed by atoms with Gasteiger partial charge in [-0.15, -0.1) is 0 Å². The van der Waals surface area contributed by atoms with Crippen molar-refractivity contribution in [3.05, 3.63) is 35.1 Å². The molecule has 1 saturated heterocycles. The molecule has 1 atom stereocenters. The topological polar surface area (TPSA) is 30.9 Å². The first kappa shape index (κ1) is 19.5. The highest BCUT2D eigenvalue weighted by molar-refractivity contribution is 5.80. The smallest absolute Gasteiger partial charge is 0.352 e. The van der Waals surface area contributed by atoms with Gasteiger partial charge < -0.3 is 10.2 Å². The molecule has 0 amide bonds. The quantitative estimate of drug-likeness (QED) is 0.511. The third kappa shape index (κ3) is 5.07. The Hall–Kier alpha value is -1.83. The van der Waals surface area contributed by atoms with Gasteiger partial charge in [0.1, 0.15) is 11.9 Å². The van der Waals surface area contributed by atoms with Crippen molar-refractivity contribution in [2.75, 3.05) is 33.2 Å². The minimum absolute atomic E-state index is 0.247. The van der Waals surface area contributed by atoms with Crippen LogP contribution in [0.2, 0.25) is 0 Å². The number of guanidine groups is 1. The predicted octanol–water partition coefficient (Wildman–Crippen LogP) is 2.78. The molecule has 8 heteroatoms. The molecule has 1 aliphatic rings. The van der Waals surface area contributed by atoms with E-state index in [0.717, 1.165) is 5.56 Å². The highest BCUT2D eigenvalue weighted by atomic mass is 19.4. The van der Waals surface area contributed by atoms with Gasteiger partial charge in [0.2, 0.25) is 0 Å². The van der Waals surface area contributed by atoms with Crippen molar-refractivity contribution in [3.8, 4) is 0 Å². The van der Waals surface area contributed by atoms with Crippen LogP contribution in [-0.2, 0) is 6.54 Å². The SMILES string of the molecule is CN=C(NCc1ccc(F)c(C)c1)N1CCN(C(C)C(F)(F)F)CC1. The zero-order chi connectivity index (χ0) is 18.6. The Morgan fingerprint density at radius 3 is 2.40 bits per heavy atom. The second-order valence-corrected chi connectivity index (χ2v) is 6.22. The largest absolute Gasteiger partial charge is 0.403 e. The molecular weight excluding hydrogens is 336 g/mol. The van der Waals surface area contributed by atoms with Gasteiger partial charge in [0.25, 0.3) is 0 Å². The number of alkyl halides is 3. The third-order valence-electron chi connectivity index (χ3n) is 4.52. The molecule has 0 aliphatic carbocycles. The molecule has 0 saturated carbocycles. The zero-order valence-corrected chi connectivity index (χ0v) is 14.7. The van der Waals surface area contributed by atoms with Gasteiger partial charge in [-0.05, 0) is 31.0 Å². The van der Waals surface area contributed by atoms with Gasteiger partial charge >= 0.3 is 6.18 Å². The Bertz CT molecular complexity index is 607. The number of nitrogens with one attached hydrogen (secondary N) is 1. The van der Waals surface area contributed by atoms with E-state index < -0.39 is 12.2 Å². The van der Waals surface area contributed by atoms with Crippen LogP contribution in [0.3, 0.4) is 0 Å². The number of hydrogen-bond acceptors (Lipinski definition) is 2. The first-order chi connectivity index (χ1) is 11.7. The second-order valence-electron chi connectivity index (χ2n) is 6.22. The van der Waals surface area contributed by atoms with Crippen LogP contribution in [0.4, 0.5) is 17.6 Å². The Kier molecular flexibility index (Phi) is 6.26. The van der Waals surface area contributed by atoms with Gasteiger partial charge in [-0.2, -0.15) is 13.2 Å². The summed E-state index contributed by atoms with van der Waals surface area (Å²) < 4.78 is 51.7. The van der Waals surface area contributed by atoms with Crippen molar-refractivity contribution < 1.29 is 17.6 Å². The minimum atomic E-state index is -4.21. The van der Waals surface area contributed by atoms with E-state index in [-0.39, 0.29) is 5.82 Å². The molecule has 4 nitrogen and oxygen atoms in total. The number of aryl methyl sites for hydroxylation is 1. The standard InChI is InChI=1S/C17H24F4N4/c1-12-10-14(4-5-15(12)18)11-23-16(22-3)25-8-6-24(7-9-25)13(2)17(19,20)21/h4-5,10,13H,6-9,11H2,1-3H3,(H,22,23). The first-order valence-electron chi connectivity index (χ1n) is 8.23. The fraction of sp³-hybridized carbons (Fsp3) is 0.588. The fourth-order valence-corrected chi connectivity index (χ4v) is 2.86. The summed E-state index contributed by atoms with van der Waals surface area (Å²) in [6.07, 6.45) is -4.21. The van der Waals surface area contributed by atoms with E-state index in [2.05, 4.69) is 10.3 Å². The number of piperazine rings is 1. The molecular formula is C17H24F4N4. The lowest BCUT2D eigenvalue weighted by Crippen LogP contribution is -2.56. The molecule has 0 bridgehead atoms. The van der Waals surface area contributed by atoms with Crippen molar-refractivity contribution in [3.63, 3.8) is 0 Å². The van der Waals surface area contributed by atoms with Crippen LogP contribution in [0, 0.1) is 12.7 Å². The molecule has 0 spiro atoms. The Morgan fingerprint density at radius 2 is 1.88 bits per heavy atom. The Morgan fingerprint density at radius 1 is 1.24 bits per heavy atom. The Labute approximate surface area is 145 Å². The highest BCUT2D eigenvalue weighted by Gasteiger charge is 2.41. The average molecular weight is 360 g/mol. The predicted molar refractivity (Wildman–Crippen MR) is 90.0 cm³/mol. The van der Waals surface area contributed by atoms with Crippen LogP contribution in [-0.4, -0.2) is 61.2 Å². The molecule has 0 aromatic heterocycles. The van der Waals surface area contributed by atoms with Crippen LogP contribution >= 0.6 is 0 Å². The molecule has 1 aromatic carbocycles. The van der Waals surface area contributed by atoms with Crippen molar-refractivity contribution in [1.29, 1.82) is 0 Å². The molecule has 25 heavy (non-hydrogen) atoms. The van der Waals surface area contributed by atoms with E-state index in [1.807, 2.05) is 4.90 Å². The molecule has 2 rings (SSSR count). The van der Waals surface area contributed by atoms with E-state index in [0.29, 0.717) is 44.2 Å². The summed E-state index contributed by atoms with van der Waals surface area (Å²) >= 11 is 0. The fourth-order valence-electron chi connectivity index (χ4n) is 2.86. The lowest BCUT2D eigenvalue weighted by atomic mass is 10.1. The molecule has 0 radical (unpaired) electrons. The monoisotopic (exact) mass is 360 g/mol. The van der Waals surface area contributed by atoms with Gasteiger partial charge in [-0.3, -0.25) is 9.89 Å². The maximum atomic E-state index is 13.3. The molecule has 140 valence electrons. The average Bonchev–Trinajstić information content (AvgIpc) is 2.57. The Balaban J connectivity index is 1.89. The number of halogens is 4. The van der Waals surface area contributed by atoms with Crippen LogP contribution in [0.25, 0.3) is 0 Å². The van der Waals surface area contributed by atoms with Crippen LogP contribution < -0.4 is 5.32 Å². The van der Waals surface area contributed by atoms with E-state index in [1.54, 1.807) is 26.1 Å². The highest BCUT2D eigenvalue weighted by Crippen LogP contribution is 2.25. The molecule has 1 aromatic rings. The van der Waals surface area contributed by atoms with Crippen LogP contribution in [0.15, 0.2) is 23.2 Å². The molecule has 1 aliphatic heterocycles. The summed E-state index contributed by atoms with van der Waals surface area (Å²) in [6, 6.07) is 3.45. The summed E-state index contributed by atoms with van der Waals surface area (Å²) in [7, 11) is 1.64. The van der Waals surface area contributed by atoms with Gasteiger partial charge in [0.15, 0.2) is 5.96 Å². The van der Waals surface area contributed by atoms with Gasteiger partial charge in [0, 0.05) is 39.8 Å². The number of benzene rings is 1. The summed E-state index contributed by atoms with van der Waals surface area (Å²) in [5.74, 6) is 0.393. The van der Waals surface area contributed by atoms with Crippen molar-refractivity contribution >= 4 is 5.96 Å². The summed E-state index contributed by atoms with van der Waals surface area (Å²) in [6.45, 7) is 4.99. The summed E-state index contributed by atoms with van der Waals surface area (Å²) in [4.78, 5) is 7.58. The van der Waals surface area contributed by atoms with Crippen LogP contribution in [0.1, 0.15) is 18.1 Å². The summed E-state index contributed by atoms with van der Waals surface area (Å²) in [5.41, 5.74) is 1.49. The van der Waals surface area contributed by atoms with Crippen molar-refractivity contribution in [2.45, 2.75) is 32.6 Å². The molecule has 1 N–H and O–H groups in total. The number of aliphatic imine (C=N–C) groups is 1. The maximum Gasteiger partial charge on any atom is 0.403 e. The van der Waals surface area contributed by atoms with E-state index in [1.165, 1.54) is 17.9 Å². The maximum absolute atomic E-state index is 13.3. The van der Waals surface area contributed by atoms with Crippen LogP contribution in [0.5, 0.6) is 0 Å². The zero-order valence-electron chi connectivity index (χ0n) is 14.7. The number of rotatable bonds is 3. The molecule has 1 unspecified atom stereocenters. The van der Waals surface area contributed by atoms with E-state index in [4.69, 9.17) is 0 Å². The number of hydrogen-bond donors (Lipinski definition) is 1. The minimum Gasteiger partial charge on any atom is -0.352 e. The third-order valence-corrected chi connectivity index (χ3v) is 4.52. The van der Waals surface area contributed by atoms with Gasteiger partial charge in [-0.1, -0.05) is 12.1 Å². The molecule has 1 heterocycles.